The van der Waals surface area contributed by atoms with Crippen molar-refractivity contribution in [2.45, 2.75) is 25.3 Å². The zero-order valence-electron chi connectivity index (χ0n) is 9.25. The van der Waals surface area contributed by atoms with Crippen molar-refractivity contribution < 1.29 is 9.59 Å². The third kappa shape index (κ3) is 1.51. The van der Waals surface area contributed by atoms with E-state index < -0.39 is 5.54 Å². The Balaban J connectivity index is 2.17. The summed E-state index contributed by atoms with van der Waals surface area (Å²) < 4.78 is 0. The molecular formula is C10H17N3O2. The van der Waals surface area contributed by atoms with Gasteiger partial charge in [0.05, 0.1) is 0 Å². The lowest BCUT2D eigenvalue weighted by molar-refractivity contribution is -0.132. The van der Waals surface area contributed by atoms with E-state index in [4.69, 9.17) is 0 Å². The summed E-state index contributed by atoms with van der Waals surface area (Å²) in [6, 6.07) is -0.230. The SMILES string of the molecule is CCN1C(=O)NC2(CCN(C)CC2)C1=O. The van der Waals surface area contributed by atoms with Gasteiger partial charge >= 0.3 is 6.03 Å². The molecule has 5 nitrogen and oxygen atoms in total. The summed E-state index contributed by atoms with van der Waals surface area (Å²) in [5, 5.41) is 2.85. The molecule has 0 radical (unpaired) electrons. The second-order valence-corrected chi connectivity index (χ2v) is 4.36. The van der Waals surface area contributed by atoms with Gasteiger partial charge in [0.1, 0.15) is 5.54 Å². The van der Waals surface area contributed by atoms with Crippen LogP contribution in [-0.4, -0.2) is 54.0 Å². The number of hydrogen-bond acceptors (Lipinski definition) is 3. The number of piperidine rings is 1. The van der Waals surface area contributed by atoms with E-state index in [0.29, 0.717) is 6.54 Å². The molecule has 0 aromatic carbocycles. The first-order chi connectivity index (χ1) is 7.09. The minimum Gasteiger partial charge on any atom is -0.323 e. The molecule has 0 atom stereocenters. The number of rotatable bonds is 1. The minimum atomic E-state index is -0.598. The summed E-state index contributed by atoms with van der Waals surface area (Å²) >= 11 is 0. The van der Waals surface area contributed by atoms with Gasteiger partial charge in [0, 0.05) is 19.6 Å². The van der Waals surface area contributed by atoms with E-state index in [1.54, 1.807) is 0 Å². The zero-order chi connectivity index (χ0) is 11.1. The Morgan fingerprint density at radius 2 is 1.93 bits per heavy atom. The van der Waals surface area contributed by atoms with Gasteiger partial charge in [0.15, 0.2) is 0 Å². The lowest BCUT2D eigenvalue weighted by Gasteiger charge is -2.35. The zero-order valence-corrected chi connectivity index (χ0v) is 9.25. The van der Waals surface area contributed by atoms with Crippen molar-refractivity contribution >= 4 is 11.9 Å². The second-order valence-electron chi connectivity index (χ2n) is 4.36. The van der Waals surface area contributed by atoms with Crippen LogP contribution in [0.5, 0.6) is 0 Å². The molecule has 1 spiro atoms. The van der Waals surface area contributed by atoms with Crippen LogP contribution < -0.4 is 5.32 Å². The maximum atomic E-state index is 12.1. The molecule has 2 heterocycles. The molecule has 15 heavy (non-hydrogen) atoms. The fourth-order valence-corrected chi connectivity index (χ4v) is 2.30. The summed E-state index contributed by atoms with van der Waals surface area (Å²) in [5.41, 5.74) is -0.598. The van der Waals surface area contributed by atoms with Crippen molar-refractivity contribution in [2.75, 3.05) is 26.7 Å². The topological polar surface area (TPSA) is 52.7 Å². The van der Waals surface area contributed by atoms with E-state index in [-0.39, 0.29) is 11.9 Å². The average molecular weight is 211 g/mol. The highest BCUT2D eigenvalue weighted by Gasteiger charge is 2.51. The van der Waals surface area contributed by atoms with Crippen LogP contribution >= 0.6 is 0 Å². The van der Waals surface area contributed by atoms with Gasteiger partial charge in [-0.3, -0.25) is 9.69 Å². The molecule has 2 aliphatic heterocycles. The van der Waals surface area contributed by atoms with Crippen molar-refractivity contribution in [3.8, 4) is 0 Å². The Kier molecular flexibility index (Phi) is 2.42. The highest BCUT2D eigenvalue weighted by molar-refractivity contribution is 6.07. The molecule has 2 rings (SSSR count). The number of likely N-dealkylation sites (N-methyl/N-ethyl adjacent to an activating group) is 1. The number of nitrogens with one attached hydrogen (secondary N) is 1. The molecule has 0 saturated carbocycles. The van der Waals surface area contributed by atoms with Crippen LogP contribution in [0.3, 0.4) is 0 Å². The minimum absolute atomic E-state index is 0.0388. The van der Waals surface area contributed by atoms with Crippen molar-refractivity contribution in [2.24, 2.45) is 0 Å². The number of carbonyl (C=O) groups excluding carboxylic acids is 2. The molecule has 0 aliphatic carbocycles. The van der Waals surface area contributed by atoms with E-state index >= 15 is 0 Å². The van der Waals surface area contributed by atoms with Crippen LogP contribution in [-0.2, 0) is 4.79 Å². The van der Waals surface area contributed by atoms with E-state index in [1.165, 1.54) is 4.90 Å². The molecule has 2 fully saturated rings. The standard InChI is InChI=1S/C10H17N3O2/c1-3-13-8(14)10(11-9(13)15)4-6-12(2)7-5-10/h3-7H2,1-2H3,(H,11,15). The number of carbonyl (C=O) groups is 2. The van der Waals surface area contributed by atoms with Crippen LogP contribution in [0.25, 0.3) is 0 Å². The molecule has 3 amide bonds. The van der Waals surface area contributed by atoms with Crippen LogP contribution in [0.2, 0.25) is 0 Å². The normalized spacial score (nSPS) is 26.1. The van der Waals surface area contributed by atoms with Gasteiger partial charge in [0.2, 0.25) is 0 Å². The monoisotopic (exact) mass is 211 g/mol. The Morgan fingerprint density at radius 1 is 1.33 bits per heavy atom. The third-order valence-corrected chi connectivity index (χ3v) is 3.40. The molecule has 84 valence electrons. The third-order valence-electron chi connectivity index (χ3n) is 3.40. The van der Waals surface area contributed by atoms with Crippen molar-refractivity contribution in [1.82, 2.24) is 15.1 Å². The quantitative estimate of drug-likeness (QED) is 0.622. The maximum Gasteiger partial charge on any atom is 0.325 e. The van der Waals surface area contributed by atoms with Gasteiger partial charge in [-0.15, -0.1) is 0 Å². The molecule has 1 N–H and O–H groups in total. The Hall–Kier alpha value is -1.10. The maximum absolute atomic E-state index is 12.1. The van der Waals surface area contributed by atoms with Crippen molar-refractivity contribution in [3.05, 3.63) is 0 Å². The fraction of sp³-hybridized carbons (Fsp3) is 0.800. The molecule has 0 bridgehead atoms. The molecular weight excluding hydrogens is 194 g/mol. The van der Waals surface area contributed by atoms with E-state index in [0.717, 1.165) is 25.9 Å². The first-order valence-electron chi connectivity index (χ1n) is 5.42. The smallest absolute Gasteiger partial charge is 0.323 e. The number of nitrogens with zero attached hydrogens (tertiary/aromatic N) is 2. The van der Waals surface area contributed by atoms with Gasteiger partial charge in [0.25, 0.3) is 5.91 Å². The first kappa shape index (κ1) is 10.4. The highest BCUT2D eigenvalue weighted by atomic mass is 16.2. The molecule has 2 saturated heterocycles. The highest BCUT2D eigenvalue weighted by Crippen LogP contribution is 2.28. The van der Waals surface area contributed by atoms with Crippen LogP contribution in [0, 0.1) is 0 Å². The molecule has 0 unspecified atom stereocenters. The van der Waals surface area contributed by atoms with Crippen molar-refractivity contribution in [3.63, 3.8) is 0 Å². The van der Waals surface area contributed by atoms with Crippen molar-refractivity contribution in [1.29, 1.82) is 0 Å². The average Bonchev–Trinajstić information content (AvgIpc) is 2.44. The predicted octanol–water partition coefficient (Wildman–Crippen LogP) is 0.0225. The summed E-state index contributed by atoms with van der Waals surface area (Å²) in [7, 11) is 2.03. The first-order valence-corrected chi connectivity index (χ1v) is 5.42. The largest absolute Gasteiger partial charge is 0.325 e. The summed E-state index contributed by atoms with van der Waals surface area (Å²) in [6.45, 7) is 4.01. The lowest BCUT2D eigenvalue weighted by Crippen LogP contribution is -2.54. The number of likely N-dealkylation sites (tertiary alicyclic amines) is 1. The van der Waals surface area contributed by atoms with E-state index in [2.05, 4.69) is 10.2 Å². The van der Waals surface area contributed by atoms with Crippen LogP contribution in [0.1, 0.15) is 19.8 Å². The van der Waals surface area contributed by atoms with Crippen LogP contribution in [0.15, 0.2) is 0 Å². The lowest BCUT2D eigenvalue weighted by atomic mass is 9.88. The van der Waals surface area contributed by atoms with Gasteiger partial charge < -0.3 is 10.2 Å². The Labute approximate surface area is 89.4 Å². The Morgan fingerprint density at radius 3 is 2.40 bits per heavy atom. The predicted molar refractivity (Wildman–Crippen MR) is 55.4 cm³/mol. The number of hydrogen-bond donors (Lipinski definition) is 1. The van der Waals surface area contributed by atoms with Gasteiger partial charge in [-0.25, -0.2) is 4.79 Å². The van der Waals surface area contributed by atoms with Gasteiger partial charge in [-0.05, 0) is 26.8 Å². The molecule has 0 aromatic heterocycles. The van der Waals surface area contributed by atoms with E-state index in [9.17, 15) is 9.59 Å². The molecule has 0 aromatic rings. The van der Waals surface area contributed by atoms with Gasteiger partial charge in [-0.1, -0.05) is 0 Å². The fourth-order valence-electron chi connectivity index (χ4n) is 2.30. The summed E-state index contributed by atoms with van der Waals surface area (Å²) in [5.74, 6) is -0.0388. The summed E-state index contributed by atoms with van der Waals surface area (Å²) in [4.78, 5) is 27.1. The molecule has 2 aliphatic rings. The van der Waals surface area contributed by atoms with Crippen LogP contribution in [0.4, 0.5) is 4.79 Å². The number of amides is 3. The summed E-state index contributed by atoms with van der Waals surface area (Å²) in [6.07, 6.45) is 1.45. The Bertz CT molecular complexity index is 295. The van der Waals surface area contributed by atoms with Gasteiger partial charge in [-0.2, -0.15) is 0 Å². The second kappa shape index (κ2) is 3.48. The molecule has 5 heteroatoms. The number of imide groups is 1. The number of urea groups is 1. The van der Waals surface area contributed by atoms with E-state index in [1.807, 2.05) is 14.0 Å².